The lowest BCUT2D eigenvalue weighted by atomic mass is 10.2. The zero-order chi connectivity index (χ0) is 17.4. The number of anilines is 1. The molecule has 0 aliphatic heterocycles. The van der Waals surface area contributed by atoms with E-state index in [1.54, 1.807) is 31.4 Å². The number of amides is 1. The zero-order valence-corrected chi connectivity index (χ0v) is 13.6. The highest BCUT2D eigenvalue weighted by molar-refractivity contribution is 5.94. The summed E-state index contributed by atoms with van der Waals surface area (Å²) in [7, 11) is 3.00. The number of carbonyl (C=O) groups is 1. The van der Waals surface area contributed by atoms with E-state index in [-0.39, 0.29) is 11.7 Å². The number of halogens is 1. The number of nitrogens with one attached hydrogen (secondary N) is 2. The molecule has 1 aromatic carbocycles. The minimum Gasteiger partial charge on any atom is -0.494 e. The van der Waals surface area contributed by atoms with Gasteiger partial charge in [-0.2, -0.15) is 0 Å². The predicted molar refractivity (Wildman–Crippen MR) is 88.7 cm³/mol. The van der Waals surface area contributed by atoms with Gasteiger partial charge in [-0.1, -0.05) is 6.07 Å². The van der Waals surface area contributed by atoms with Crippen molar-refractivity contribution in [2.45, 2.75) is 6.54 Å². The van der Waals surface area contributed by atoms with E-state index in [1.807, 2.05) is 0 Å². The Morgan fingerprint density at radius 3 is 2.71 bits per heavy atom. The molecule has 0 atom stereocenters. The molecule has 6 nitrogen and oxygen atoms in total. The molecule has 0 saturated carbocycles. The van der Waals surface area contributed by atoms with Crippen LogP contribution in [0.15, 0.2) is 36.5 Å². The highest BCUT2D eigenvalue weighted by atomic mass is 19.1. The molecule has 0 aliphatic rings. The van der Waals surface area contributed by atoms with Crippen molar-refractivity contribution in [3.05, 3.63) is 53.5 Å². The van der Waals surface area contributed by atoms with E-state index in [9.17, 15) is 9.18 Å². The second-order valence-corrected chi connectivity index (χ2v) is 5.00. The third-order valence-electron chi connectivity index (χ3n) is 3.31. The van der Waals surface area contributed by atoms with Gasteiger partial charge in [-0.05, 0) is 29.8 Å². The first-order chi connectivity index (χ1) is 11.6. The Hall–Kier alpha value is -2.67. The van der Waals surface area contributed by atoms with Crippen molar-refractivity contribution in [2.75, 3.05) is 32.7 Å². The topological polar surface area (TPSA) is 72.5 Å². The van der Waals surface area contributed by atoms with Crippen molar-refractivity contribution < 1.29 is 18.7 Å². The summed E-state index contributed by atoms with van der Waals surface area (Å²) >= 11 is 0. The Kier molecular flexibility index (Phi) is 6.51. The Balaban J connectivity index is 1.89. The monoisotopic (exact) mass is 333 g/mol. The maximum Gasteiger partial charge on any atom is 0.252 e. The van der Waals surface area contributed by atoms with E-state index in [0.29, 0.717) is 31.1 Å². The number of methoxy groups -OCH3 is 2. The predicted octanol–water partition coefficient (Wildman–Crippen LogP) is 2.22. The molecule has 0 spiro atoms. The Morgan fingerprint density at radius 1 is 1.25 bits per heavy atom. The maximum atomic E-state index is 13.6. The van der Waals surface area contributed by atoms with Gasteiger partial charge in [-0.3, -0.25) is 4.79 Å². The summed E-state index contributed by atoms with van der Waals surface area (Å²) in [4.78, 5) is 16.0. The normalized spacial score (nSPS) is 10.3. The van der Waals surface area contributed by atoms with Crippen LogP contribution < -0.4 is 15.4 Å². The fourth-order valence-corrected chi connectivity index (χ4v) is 2.01. The smallest absolute Gasteiger partial charge is 0.252 e. The number of hydrogen-bond acceptors (Lipinski definition) is 5. The van der Waals surface area contributed by atoms with E-state index >= 15 is 0 Å². The van der Waals surface area contributed by atoms with Gasteiger partial charge in [-0.15, -0.1) is 0 Å². The van der Waals surface area contributed by atoms with E-state index in [4.69, 9.17) is 9.47 Å². The molecule has 2 N–H and O–H groups in total. The Morgan fingerprint density at radius 2 is 2.08 bits per heavy atom. The van der Waals surface area contributed by atoms with Gasteiger partial charge in [0.1, 0.15) is 5.82 Å². The average molecular weight is 333 g/mol. The van der Waals surface area contributed by atoms with Gasteiger partial charge >= 0.3 is 0 Å². The second-order valence-electron chi connectivity index (χ2n) is 5.00. The third kappa shape index (κ3) is 4.92. The first-order valence-electron chi connectivity index (χ1n) is 7.43. The first-order valence-corrected chi connectivity index (χ1v) is 7.43. The number of pyridine rings is 1. The van der Waals surface area contributed by atoms with Crippen LogP contribution in [0.1, 0.15) is 15.9 Å². The van der Waals surface area contributed by atoms with E-state index in [2.05, 4.69) is 15.6 Å². The summed E-state index contributed by atoms with van der Waals surface area (Å²) in [6.07, 6.45) is 1.49. The second kappa shape index (κ2) is 8.83. The van der Waals surface area contributed by atoms with Crippen LogP contribution in [-0.4, -0.2) is 38.3 Å². The molecular formula is C17H20FN3O3. The van der Waals surface area contributed by atoms with Crippen LogP contribution in [-0.2, 0) is 11.3 Å². The van der Waals surface area contributed by atoms with Crippen LogP contribution in [0, 0.1) is 5.82 Å². The Labute approximate surface area is 140 Å². The van der Waals surface area contributed by atoms with Crippen molar-refractivity contribution in [3.8, 4) is 5.75 Å². The highest BCUT2D eigenvalue weighted by Crippen LogP contribution is 2.18. The summed E-state index contributed by atoms with van der Waals surface area (Å²) in [5.41, 5.74) is 1.23. The molecule has 2 aromatic rings. The number of nitrogens with zero attached hydrogens (tertiary/aromatic N) is 1. The highest BCUT2D eigenvalue weighted by Gasteiger charge is 2.06. The number of benzene rings is 1. The largest absolute Gasteiger partial charge is 0.494 e. The van der Waals surface area contributed by atoms with Gasteiger partial charge in [0.2, 0.25) is 0 Å². The molecular weight excluding hydrogens is 313 g/mol. The molecule has 24 heavy (non-hydrogen) atoms. The van der Waals surface area contributed by atoms with E-state index < -0.39 is 5.82 Å². The summed E-state index contributed by atoms with van der Waals surface area (Å²) in [6, 6.07) is 8.13. The number of carbonyl (C=O) groups excluding carboxylic acids is 1. The van der Waals surface area contributed by atoms with Crippen LogP contribution >= 0.6 is 0 Å². The zero-order valence-electron chi connectivity index (χ0n) is 13.6. The molecule has 0 bridgehead atoms. The summed E-state index contributed by atoms with van der Waals surface area (Å²) in [5, 5.41) is 5.79. The van der Waals surface area contributed by atoms with Crippen molar-refractivity contribution in [2.24, 2.45) is 0 Å². The SMILES string of the molecule is COCCNC(=O)c1ccc(NCc2ccc(OC)c(F)c2)nc1. The van der Waals surface area contributed by atoms with Gasteiger partial charge in [0.15, 0.2) is 11.6 Å². The summed E-state index contributed by atoms with van der Waals surface area (Å²) < 4.78 is 23.4. The number of rotatable bonds is 8. The van der Waals surface area contributed by atoms with Crippen LogP contribution in [0.2, 0.25) is 0 Å². The lowest BCUT2D eigenvalue weighted by Gasteiger charge is -2.08. The van der Waals surface area contributed by atoms with E-state index in [1.165, 1.54) is 19.4 Å². The lowest BCUT2D eigenvalue weighted by molar-refractivity contribution is 0.0937. The number of hydrogen-bond donors (Lipinski definition) is 2. The van der Waals surface area contributed by atoms with Crippen molar-refractivity contribution in [3.63, 3.8) is 0 Å². The minimum absolute atomic E-state index is 0.205. The van der Waals surface area contributed by atoms with Crippen LogP contribution in [0.5, 0.6) is 5.75 Å². The average Bonchev–Trinajstić information content (AvgIpc) is 2.60. The van der Waals surface area contributed by atoms with Gasteiger partial charge < -0.3 is 20.1 Å². The molecule has 0 saturated heterocycles. The number of aromatic nitrogens is 1. The quantitative estimate of drug-likeness (QED) is 0.725. The molecule has 128 valence electrons. The van der Waals surface area contributed by atoms with Gasteiger partial charge in [0.05, 0.1) is 19.3 Å². The molecule has 1 aromatic heterocycles. The summed E-state index contributed by atoms with van der Waals surface area (Å²) in [5.74, 6) is 0.191. The maximum absolute atomic E-state index is 13.6. The standard InChI is InChI=1S/C17H20FN3O3/c1-23-8-7-19-17(22)13-4-6-16(21-11-13)20-10-12-3-5-15(24-2)14(18)9-12/h3-6,9,11H,7-8,10H2,1-2H3,(H,19,22)(H,20,21). The van der Waals surface area contributed by atoms with Gasteiger partial charge in [0, 0.05) is 26.4 Å². The molecule has 0 fully saturated rings. The van der Waals surface area contributed by atoms with Crippen molar-refractivity contribution in [1.29, 1.82) is 0 Å². The fourth-order valence-electron chi connectivity index (χ4n) is 2.01. The fraction of sp³-hybridized carbons (Fsp3) is 0.294. The van der Waals surface area contributed by atoms with E-state index in [0.717, 1.165) is 5.56 Å². The first kappa shape index (κ1) is 17.7. The molecule has 1 amide bonds. The molecule has 1 heterocycles. The van der Waals surface area contributed by atoms with Crippen LogP contribution in [0.3, 0.4) is 0 Å². The Bertz CT molecular complexity index is 677. The van der Waals surface area contributed by atoms with Crippen molar-refractivity contribution >= 4 is 11.7 Å². The van der Waals surface area contributed by atoms with Crippen molar-refractivity contribution in [1.82, 2.24) is 10.3 Å². The van der Waals surface area contributed by atoms with Gasteiger partial charge in [0.25, 0.3) is 5.91 Å². The number of ether oxygens (including phenoxy) is 2. The lowest BCUT2D eigenvalue weighted by Crippen LogP contribution is -2.27. The third-order valence-corrected chi connectivity index (χ3v) is 3.31. The molecule has 0 unspecified atom stereocenters. The molecule has 2 rings (SSSR count). The minimum atomic E-state index is -0.409. The van der Waals surface area contributed by atoms with Crippen LogP contribution in [0.4, 0.5) is 10.2 Å². The van der Waals surface area contributed by atoms with Crippen LogP contribution in [0.25, 0.3) is 0 Å². The molecule has 7 heteroatoms. The van der Waals surface area contributed by atoms with Gasteiger partial charge in [-0.25, -0.2) is 9.37 Å². The summed E-state index contributed by atoms with van der Waals surface area (Å²) in [6.45, 7) is 1.31. The molecule has 0 aliphatic carbocycles. The molecule has 0 radical (unpaired) electrons.